The number of unbranched alkanes of at least 4 members (excludes halogenated alkanes) is 57. The number of ether oxygens (including phenoxy) is 8. The van der Waals surface area contributed by atoms with E-state index >= 15 is 0 Å². The van der Waals surface area contributed by atoms with Crippen LogP contribution in [0.3, 0.4) is 0 Å². The molecule has 0 bridgehead atoms. The zero-order valence-electron chi connectivity index (χ0n) is 89.0. The number of hydrogen-bond acceptors (Lipinski definition) is 22. The second kappa shape index (κ2) is 106. The molecular formula is C111H216N6O16. The monoisotopic (exact) mass is 1890 g/mol. The first-order valence-corrected chi connectivity index (χ1v) is 56.3. The molecule has 133 heavy (non-hydrogen) atoms. The first-order valence-electron chi connectivity index (χ1n) is 56.3. The van der Waals surface area contributed by atoms with Crippen LogP contribution in [0.25, 0.3) is 0 Å². The lowest BCUT2D eigenvalue weighted by Crippen LogP contribution is -2.40. The zero-order valence-corrected chi connectivity index (χ0v) is 89.0. The molecular weight excluding hydrogens is 1670 g/mol. The summed E-state index contributed by atoms with van der Waals surface area (Å²) in [5, 5.41) is 0. The minimum Gasteiger partial charge on any atom is -0.469 e. The van der Waals surface area contributed by atoms with Crippen molar-refractivity contribution in [2.45, 2.75) is 497 Å². The molecule has 0 fully saturated rings. The first kappa shape index (κ1) is 131. The van der Waals surface area contributed by atoms with Crippen LogP contribution in [0, 0.1) is 0 Å². The van der Waals surface area contributed by atoms with E-state index < -0.39 is 0 Å². The molecule has 0 N–H and O–H groups in total. The maximum Gasteiger partial charge on any atom is 0.307 e. The molecule has 0 aliphatic carbocycles. The van der Waals surface area contributed by atoms with Gasteiger partial charge >= 0.3 is 47.8 Å². The van der Waals surface area contributed by atoms with Crippen molar-refractivity contribution in [1.29, 1.82) is 0 Å². The van der Waals surface area contributed by atoms with E-state index in [1.807, 2.05) is 0 Å². The van der Waals surface area contributed by atoms with Gasteiger partial charge in [0.05, 0.1) is 105 Å². The zero-order chi connectivity index (χ0) is 97.5. The van der Waals surface area contributed by atoms with Crippen molar-refractivity contribution in [3.05, 3.63) is 0 Å². The fraction of sp³-hybridized carbons (Fsp3) is 0.928. The first-order chi connectivity index (χ1) is 65.0. The van der Waals surface area contributed by atoms with Crippen molar-refractivity contribution in [2.24, 2.45) is 0 Å². The largest absolute Gasteiger partial charge is 0.469 e. The molecule has 0 aromatic rings. The third-order valence-electron chi connectivity index (χ3n) is 26.0. The van der Waals surface area contributed by atoms with Crippen LogP contribution in [0.4, 0.5) is 0 Å². The molecule has 0 unspecified atom stereocenters. The molecule has 0 spiro atoms. The van der Waals surface area contributed by atoms with Gasteiger partial charge in [-0.3, -0.25) is 38.4 Å². The van der Waals surface area contributed by atoms with E-state index in [1.165, 1.54) is 342 Å². The molecule has 0 aromatic heterocycles. The minimum absolute atomic E-state index is 0.187. The second-order valence-electron chi connectivity index (χ2n) is 38.6. The number of esters is 8. The highest BCUT2D eigenvalue weighted by molar-refractivity contribution is 5.72. The Morgan fingerprint density at radius 2 is 0.263 bits per heavy atom. The van der Waals surface area contributed by atoms with E-state index in [4.69, 9.17) is 37.9 Å². The van der Waals surface area contributed by atoms with Crippen molar-refractivity contribution in [3.63, 3.8) is 0 Å². The van der Waals surface area contributed by atoms with Crippen LogP contribution >= 0.6 is 0 Å². The summed E-state index contributed by atoms with van der Waals surface area (Å²) in [6.45, 7) is 26.0. The van der Waals surface area contributed by atoms with Crippen molar-refractivity contribution in [3.8, 4) is 0 Å². The number of likely N-dealkylation sites (N-methyl/N-ethyl adjacent to an activating group) is 2. The van der Waals surface area contributed by atoms with Crippen LogP contribution in [0.5, 0.6) is 0 Å². The molecule has 0 rings (SSSR count). The standard InChI is InChI=1S/C57H111N3O8.C54H105N3O8/c1-6-9-12-15-18-21-24-27-30-33-36-51-66-55(62)40-44-59(43-39-54(61)65-5)49-47-58(4)48-50-60(45-41-56(63)67-52-37-34-31-28-25-22-19-16-13-10-7-2)46-42-57(64)68-53-38-35-32-29-26-23-20-17-14-11-8-3;1-6-9-12-15-18-21-24-27-30-33-48-63-52(59)37-41-56(40-36-51(58)62-5)46-44-55(4)45-47-57(42-38-53(60)64-49-34-31-28-25-22-19-16-13-10-7-2)43-39-54(61)65-50-35-32-29-26-23-20-17-14-11-8-3/h6-53H2,1-5H3;6-50H2,1-5H3. The summed E-state index contributed by atoms with van der Waals surface area (Å²) in [6.07, 6.45) is 80.7. The SMILES string of the molecule is CCCCCCCCCCCCCOC(=O)CCN(CCC(=O)OC)CCN(C)CCN(CCC(=O)OCCCCCCCCCCCCC)CCC(=O)OCCCCCCCCCCCCC.CCCCCCCCCCCCOC(=O)CCN(CCC(=O)OC)CCN(C)CCN(CCC(=O)OCCCCCCCCCCCC)CCC(=O)OCCCCCCCCCCCC. The van der Waals surface area contributed by atoms with E-state index in [9.17, 15) is 38.4 Å². The minimum atomic E-state index is -0.272. The second-order valence-corrected chi connectivity index (χ2v) is 38.6. The summed E-state index contributed by atoms with van der Waals surface area (Å²) in [6, 6.07) is 0. The summed E-state index contributed by atoms with van der Waals surface area (Å²) in [4.78, 5) is 113. The summed E-state index contributed by atoms with van der Waals surface area (Å²) < 4.78 is 43.4. The lowest BCUT2D eigenvalue weighted by Gasteiger charge is -2.27. The number of carbonyl (C=O) groups is 8. The Hall–Kier alpha value is -4.48. The highest BCUT2D eigenvalue weighted by Crippen LogP contribution is 2.19. The van der Waals surface area contributed by atoms with Crippen LogP contribution in [0.1, 0.15) is 497 Å². The predicted octanol–water partition coefficient (Wildman–Crippen LogP) is 26.5. The molecule has 0 heterocycles. The number of carbonyl (C=O) groups excluding carboxylic acids is 8. The van der Waals surface area contributed by atoms with Gasteiger partial charge in [0, 0.05) is 105 Å². The van der Waals surface area contributed by atoms with Gasteiger partial charge in [-0.1, -0.05) is 408 Å². The molecule has 22 nitrogen and oxygen atoms in total. The highest BCUT2D eigenvalue weighted by Gasteiger charge is 2.20. The molecule has 786 valence electrons. The molecule has 0 atom stereocenters. The number of rotatable bonds is 105. The molecule has 22 heteroatoms. The van der Waals surface area contributed by atoms with Gasteiger partial charge in [0.1, 0.15) is 0 Å². The van der Waals surface area contributed by atoms with E-state index in [1.54, 1.807) is 0 Å². The molecule has 0 saturated heterocycles. The number of hydrogen-bond donors (Lipinski definition) is 0. The topological polar surface area (TPSA) is 230 Å². The number of methoxy groups -OCH3 is 2. The fourth-order valence-corrected chi connectivity index (χ4v) is 16.6. The molecule has 0 aromatic carbocycles. The Bertz CT molecular complexity index is 2450. The van der Waals surface area contributed by atoms with Crippen LogP contribution in [0.15, 0.2) is 0 Å². The summed E-state index contributed by atoms with van der Waals surface area (Å²) >= 11 is 0. The van der Waals surface area contributed by atoms with Gasteiger partial charge in [-0.25, -0.2) is 0 Å². The van der Waals surface area contributed by atoms with Gasteiger partial charge < -0.3 is 67.3 Å². The van der Waals surface area contributed by atoms with Gasteiger partial charge in [0.2, 0.25) is 0 Å². The fourth-order valence-electron chi connectivity index (χ4n) is 16.6. The van der Waals surface area contributed by atoms with Gasteiger partial charge in [-0.2, -0.15) is 0 Å². The van der Waals surface area contributed by atoms with Crippen molar-refractivity contribution < 1.29 is 76.3 Å². The van der Waals surface area contributed by atoms with Gasteiger partial charge in [0.25, 0.3) is 0 Å². The third-order valence-corrected chi connectivity index (χ3v) is 26.0. The van der Waals surface area contributed by atoms with E-state index in [2.05, 4.69) is 85.0 Å². The Kier molecular flexibility index (Phi) is 104. The van der Waals surface area contributed by atoms with Crippen molar-refractivity contribution in [2.75, 3.05) is 173 Å². The summed E-state index contributed by atoms with van der Waals surface area (Å²) in [7, 11) is 6.91. The molecule has 0 saturated carbocycles. The van der Waals surface area contributed by atoms with Crippen LogP contribution in [0.2, 0.25) is 0 Å². The molecule has 0 aliphatic heterocycles. The van der Waals surface area contributed by atoms with Gasteiger partial charge in [-0.15, -0.1) is 0 Å². The third kappa shape index (κ3) is 102. The average molecular weight is 1890 g/mol. The predicted molar refractivity (Wildman–Crippen MR) is 552 cm³/mol. The Morgan fingerprint density at radius 1 is 0.150 bits per heavy atom. The summed E-state index contributed by atoms with van der Waals surface area (Å²) in [5.41, 5.74) is 0. The van der Waals surface area contributed by atoms with Crippen LogP contribution < -0.4 is 0 Å². The Morgan fingerprint density at radius 3 is 0.383 bits per heavy atom. The Labute approximate surface area is 819 Å². The quantitative estimate of drug-likeness (QED) is 0.0313. The van der Waals surface area contributed by atoms with E-state index in [0.717, 1.165) is 103 Å². The average Bonchev–Trinajstić information content (AvgIpc) is 0.942. The lowest BCUT2D eigenvalue weighted by molar-refractivity contribution is -0.146. The van der Waals surface area contributed by atoms with Gasteiger partial charge in [0.15, 0.2) is 0 Å². The molecule has 0 aliphatic rings. The van der Waals surface area contributed by atoms with Gasteiger partial charge in [-0.05, 0) is 52.6 Å². The lowest BCUT2D eigenvalue weighted by atomic mass is 10.1. The summed E-state index contributed by atoms with van der Waals surface area (Å²) in [5.74, 6) is -1.69. The van der Waals surface area contributed by atoms with E-state index in [-0.39, 0.29) is 99.1 Å². The smallest absolute Gasteiger partial charge is 0.307 e. The molecule has 0 amide bonds. The Balaban J connectivity index is 0. The normalized spacial score (nSPS) is 11.5. The highest BCUT2D eigenvalue weighted by atomic mass is 16.6. The molecule has 0 radical (unpaired) electrons. The van der Waals surface area contributed by atoms with E-state index in [0.29, 0.717) is 118 Å². The van der Waals surface area contributed by atoms with Crippen molar-refractivity contribution in [1.82, 2.24) is 29.4 Å². The van der Waals surface area contributed by atoms with Crippen molar-refractivity contribution >= 4 is 47.8 Å². The van der Waals surface area contributed by atoms with Crippen LogP contribution in [-0.2, 0) is 76.3 Å². The maximum absolute atomic E-state index is 12.8. The van der Waals surface area contributed by atoms with Crippen LogP contribution in [-0.4, -0.2) is 250 Å². The number of nitrogens with zero attached hydrogens (tertiary/aromatic N) is 6. The maximum atomic E-state index is 12.8.